The molecular formula is C19H28O2. The first-order chi connectivity index (χ1) is 9.98. The molecule has 1 aliphatic carbocycles. The van der Waals surface area contributed by atoms with Crippen molar-refractivity contribution in [2.75, 3.05) is 0 Å². The Hall–Kier alpha value is -1.31. The van der Waals surface area contributed by atoms with E-state index in [2.05, 4.69) is 20.8 Å². The van der Waals surface area contributed by atoms with Crippen molar-refractivity contribution in [1.82, 2.24) is 0 Å². The van der Waals surface area contributed by atoms with Gasteiger partial charge in [-0.2, -0.15) is 0 Å². The number of hydrogen-bond acceptors (Lipinski definition) is 2. The van der Waals surface area contributed by atoms with Gasteiger partial charge in [0.25, 0.3) is 0 Å². The monoisotopic (exact) mass is 288 g/mol. The van der Waals surface area contributed by atoms with Crippen molar-refractivity contribution in [3.05, 3.63) is 35.4 Å². The smallest absolute Gasteiger partial charge is 0.338 e. The molecule has 0 aliphatic heterocycles. The van der Waals surface area contributed by atoms with Gasteiger partial charge < -0.3 is 4.74 Å². The maximum atomic E-state index is 12.5. The first-order valence-electron chi connectivity index (χ1n) is 8.25. The molecule has 0 aromatic heterocycles. The van der Waals surface area contributed by atoms with Gasteiger partial charge in [-0.1, -0.05) is 39.0 Å². The van der Waals surface area contributed by atoms with Gasteiger partial charge in [-0.05, 0) is 56.6 Å². The minimum Gasteiger partial charge on any atom is -0.458 e. The van der Waals surface area contributed by atoms with Gasteiger partial charge in [0.15, 0.2) is 0 Å². The molecule has 0 amide bonds. The molecule has 1 aromatic rings. The van der Waals surface area contributed by atoms with Crippen LogP contribution in [0.4, 0.5) is 0 Å². The predicted molar refractivity (Wildman–Crippen MR) is 86.4 cm³/mol. The summed E-state index contributed by atoms with van der Waals surface area (Å²) < 4.78 is 5.95. The Morgan fingerprint density at radius 2 is 2.10 bits per heavy atom. The number of ether oxygens (including phenoxy) is 1. The van der Waals surface area contributed by atoms with Crippen LogP contribution in [0.15, 0.2) is 24.3 Å². The molecule has 0 saturated heterocycles. The average molecular weight is 288 g/mol. The number of aryl methyl sites for hydroxylation is 1. The fraction of sp³-hybridized carbons (Fsp3) is 0.632. The second-order valence-corrected chi connectivity index (χ2v) is 6.91. The van der Waals surface area contributed by atoms with Crippen LogP contribution in [0, 0.1) is 18.3 Å². The highest BCUT2D eigenvalue weighted by atomic mass is 16.5. The molecule has 116 valence electrons. The molecule has 21 heavy (non-hydrogen) atoms. The summed E-state index contributed by atoms with van der Waals surface area (Å²) in [6.07, 6.45) is 5.70. The zero-order valence-corrected chi connectivity index (χ0v) is 13.8. The van der Waals surface area contributed by atoms with Crippen LogP contribution in [-0.4, -0.2) is 12.1 Å². The van der Waals surface area contributed by atoms with Crippen molar-refractivity contribution >= 4 is 5.97 Å². The van der Waals surface area contributed by atoms with Crippen LogP contribution in [0.5, 0.6) is 0 Å². The molecule has 0 bridgehead atoms. The topological polar surface area (TPSA) is 26.3 Å². The third kappa shape index (κ3) is 3.48. The molecule has 0 spiro atoms. The summed E-state index contributed by atoms with van der Waals surface area (Å²) in [6.45, 7) is 8.72. The lowest BCUT2D eigenvalue weighted by atomic mass is 9.75. The highest BCUT2D eigenvalue weighted by molar-refractivity contribution is 5.91. The average Bonchev–Trinajstić information content (AvgIpc) is 2.81. The summed E-state index contributed by atoms with van der Waals surface area (Å²) in [6, 6.07) is 7.69. The van der Waals surface area contributed by atoms with Crippen molar-refractivity contribution in [2.45, 2.75) is 65.9 Å². The molecule has 1 saturated carbocycles. The van der Waals surface area contributed by atoms with Gasteiger partial charge in [0.2, 0.25) is 0 Å². The fourth-order valence-electron chi connectivity index (χ4n) is 3.88. The quantitative estimate of drug-likeness (QED) is 0.701. The first-order valence-corrected chi connectivity index (χ1v) is 8.25. The van der Waals surface area contributed by atoms with E-state index in [0.717, 1.165) is 24.8 Å². The molecule has 2 unspecified atom stereocenters. The highest BCUT2D eigenvalue weighted by Crippen LogP contribution is 2.47. The molecular weight excluding hydrogens is 260 g/mol. The Kier molecular flexibility index (Phi) is 5.08. The molecule has 1 fully saturated rings. The third-order valence-corrected chi connectivity index (χ3v) is 4.96. The number of carbonyl (C=O) groups excluding carboxylic acids is 1. The second-order valence-electron chi connectivity index (χ2n) is 6.91. The normalized spacial score (nSPS) is 25.3. The maximum absolute atomic E-state index is 12.5. The van der Waals surface area contributed by atoms with E-state index in [-0.39, 0.29) is 17.5 Å². The number of rotatable bonds is 5. The lowest BCUT2D eigenvalue weighted by Crippen LogP contribution is -2.35. The van der Waals surface area contributed by atoms with E-state index in [1.807, 2.05) is 31.2 Å². The van der Waals surface area contributed by atoms with E-state index < -0.39 is 0 Å². The highest BCUT2D eigenvalue weighted by Gasteiger charge is 2.44. The standard InChI is InChI=1S/C19H28O2/c1-5-19(13-14(2)3)12-8-11-17(19)21-18(20)16-10-7-6-9-15(16)4/h6-7,9-10,14,17H,5,8,11-13H2,1-4H3. The van der Waals surface area contributed by atoms with Crippen LogP contribution in [0.1, 0.15) is 68.8 Å². The van der Waals surface area contributed by atoms with Crippen LogP contribution in [-0.2, 0) is 4.74 Å². The fourth-order valence-corrected chi connectivity index (χ4v) is 3.88. The SMILES string of the molecule is CCC1(CC(C)C)CCCC1OC(=O)c1ccccc1C. The van der Waals surface area contributed by atoms with Crippen molar-refractivity contribution in [1.29, 1.82) is 0 Å². The van der Waals surface area contributed by atoms with E-state index in [4.69, 9.17) is 4.74 Å². The van der Waals surface area contributed by atoms with Crippen LogP contribution < -0.4 is 0 Å². The molecule has 2 heteroatoms. The van der Waals surface area contributed by atoms with E-state index in [1.165, 1.54) is 12.8 Å². The van der Waals surface area contributed by atoms with Gasteiger partial charge in [-0.3, -0.25) is 0 Å². The lowest BCUT2D eigenvalue weighted by molar-refractivity contribution is -0.0140. The van der Waals surface area contributed by atoms with Gasteiger partial charge in [0.05, 0.1) is 5.56 Å². The third-order valence-electron chi connectivity index (χ3n) is 4.96. The van der Waals surface area contributed by atoms with Crippen molar-refractivity contribution < 1.29 is 9.53 Å². The van der Waals surface area contributed by atoms with Gasteiger partial charge >= 0.3 is 5.97 Å². The van der Waals surface area contributed by atoms with Crippen LogP contribution >= 0.6 is 0 Å². The predicted octanol–water partition coefficient (Wildman–Crippen LogP) is 5.15. The first kappa shape index (κ1) is 16.1. The van der Waals surface area contributed by atoms with E-state index in [1.54, 1.807) is 0 Å². The molecule has 2 atom stereocenters. The second kappa shape index (κ2) is 6.64. The van der Waals surface area contributed by atoms with Crippen molar-refractivity contribution in [2.24, 2.45) is 11.3 Å². The summed E-state index contributed by atoms with van der Waals surface area (Å²) in [4.78, 5) is 12.5. The van der Waals surface area contributed by atoms with Crippen molar-refractivity contribution in [3.63, 3.8) is 0 Å². The van der Waals surface area contributed by atoms with Gasteiger partial charge in [0, 0.05) is 5.41 Å². The van der Waals surface area contributed by atoms with Crippen LogP contribution in [0.3, 0.4) is 0 Å². The maximum Gasteiger partial charge on any atom is 0.338 e. The Morgan fingerprint density at radius 1 is 1.38 bits per heavy atom. The molecule has 1 aliphatic rings. The number of benzene rings is 1. The molecule has 0 radical (unpaired) electrons. The Balaban J connectivity index is 2.14. The summed E-state index contributed by atoms with van der Waals surface area (Å²) in [5, 5.41) is 0. The van der Waals surface area contributed by atoms with Crippen LogP contribution in [0.25, 0.3) is 0 Å². The molecule has 2 nitrogen and oxygen atoms in total. The zero-order valence-electron chi connectivity index (χ0n) is 13.8. The van der Waals surface area contributed by atoms with E-state index >= 15 is 0 Å². The summed E-state index contributed by atoms with van der Waals surface area (Å²) in [5.74, 6) is 0.490. The van der Waals surface area contributed by atoms with Gasteiger partial charge in [0.1, 0.15) is 6.10 Å². The van der Waals surface area contributed by atoms with Crippen LogP contribution in [0.2, 0.25) is 0 Å². The Morgan fingerprint density at radius 3 is 2.71 bits per heavy atom. The summed E-state index contributed by atoms with van der Waals surface area (Å²) in [7, 11) is 0. The van der Waals surface area contributed by atoms with Gasteiger partial charge in [-0.15, -0.1) is 0 Å². The van der Waals surface area contributed by atoms with Crippen molar-refractivity contribution in [3.8, 4) is 0 Å². The van der Waals surface area contributed by atoms with E-state index in [0.29, 0.717) is 11.5 Å². The zero-order chi connectivity index (χ0) is 15.5. The molecule has 2 rings (SSSR count). The summed E-state index contributed by atoms with van der Waals surface area (Å²) >= 11 is 0. The molecule has 0 N–H and O–H groups in total. The Labute approximate surface area is 128 Å². The molecule has 1 aromatic carbocycles. The molecule has 0 heterocycles. The Bertz CT molecular complexity index is 492. The summed E-state index contributed by atoms with van der Waals surface area (Å²) in [5.41, 5.74) is 1.89. The lowest BCUT2D eigenvalue weighted by Gasteiger charge is -2.35. The minimum atomic E-state index is -0.151. The number of carbonyl (C=O) groups is 1. The minimum absolute atomic E-state index is 0.0806. The van der Waals surface area contributed by atoms with E-state index in [9.17, 15) is 4.79 Å². The largest absolute Gasteiger partial charge is 0.458 e. The van der Waals surface area contributed by atoms with Gasteiger partial charge in [-0.25, -0.2) is 4.79 Å². The number of esters is 1. The number of hydrogen-bond donors (Lipinski definition) is 0.